The molecule has 3 aromatic carbocycles. The van der Waals surface area contributed by atoms with E-state index in [1.807, 2.05) is 36.0 Å². The van der Waals surface area contributed by atoms with Crippen molar-refractivity contribution in [3.63, 3.8) is 0 Å². The van der Waals surface area contributed by atoms with Crippen molar-refractivity contribution in [2.75, 3.05) is 7.11 Å². The van der Waals surface area contributed by atoms with Crippen molar-refractivity contribution in [1.82, 2.24) is 0 Å². The molecular weight excluding hydrogens is 356 g/mol. The Labute approximate surface area is 163 Å². The summed E-state index contributed by atoms with van der Waals surface area (Å²) in [6, 6.07) is 24.3. The van der Waals surface area contributed by atoms with E-state index in [2.05, 4.69) is 42.5 Å². The van der Waals surface area contributed by atoms with Crippen molar-refractivity contribution >= 4 is 17.7 Å². The van der Waals surface area contributed by atoms with Gasteiger partial charge in [-0.15, -0.1) is 11.8 Å². The Balaban J connectivity index is 1.76. The molecule has 0 spiro atoms. The van der Waals surface area contributed by atoms with Gasteiger partial charge in [0.05, 0.1) is 17.9 Å². The largest absolute Gasteiger partial charge is 0.489 e. The van der Waals surface area contributed by atoms with Crippen LogP contribution in [0.3, 0.4) is 0 Å². The first-order valence-electron chi connectivity index (χ1n) is 8.84. The van der Waals surface area contributed by atoms with Crippen LogP contribution in [0.4, 0.5) is 0 Å². The number of esters is 1. The number of hydrogen-bond acceptors (Lipinski definition) is 4. The first-order valence-corrected chi connectivity index (χ1v) is 9.89. The summed E-state index contributed by atoms with van der Waals surface area (Å²) >= 11 is 1.85. The number of ether oxygens (including phenoxy) is 2. The van der Waals surface area contributed by atoms with Crippen molar-refractivity contribution in [2.24, 2.45) is 0 Å². The second-order valence-corrected chi connectivity index (χ2v) is 7.50. The number of rotatable bonds is 4. The van der Waals surface area contributed by atoms with Gasteiger partial charge in [-0.25, -0.2) is 4.79 Å². The van der Waals surface area contributed by atoms with E-state index in [0.29, 0.717) is 12.2 Å². The lowest BCUT2D eigenvalue weighted by atomic mass is 9.98. The summed E-state index contributed by atoms with van der Waals surface area (Å²) in [7, 11) is 1.40. The monoisotopic (exact) mass is 376 g/mol. The molecule has 0 N–H and O–H groups in total. The lowest BCUT2D eigenvalue weighted by Gasteiger charge is -2.19. The van der Waals surface area contributed by atoms with Crippen molar-refractivity contribution in [3.05, 3.63) is 101 Å². The summed E-state index contributed by atoms with van der Waals surface area (Å²) in [6.07, 6.45) is 0. The number of carbonyl (C=O) groups excluding carboxylic acids is 1. The smallest absolute Gasteiger partial charge is 0.337 e. The zero-order valence-corrected chi connectivity index (χ0v) is 15.9. The van der Waals surface area contributed by atoms with E-state index in [1.165, 1.54) is 23.8 Å². The molecule has 3 nitrogen and oxygen atoms in total. The molecule has 3 aromatic rings. The molecule has 0 fully saturated rings. The third kappa shape index (κ3) is 3.71. The highest BCUT2D eigenvalue weighted by molar-refractivity contribution is 7.99. The molecule has 0 amide bonds. The second-order valence-electron chi connectivity index (χ2n) is 6.41. The minimum absolute atomic E-state index is 0.0866. The zero-order chi connectivity index (χ0) is 18.6. The van der Waals surface area contributed by atoms with Crippen LogP contribution in [0, 0.1) is 0 Å². The van der Waals surface area contributed by atoms with E-state index in [-0.39, 0.29) is 11.2 Å². The van der Waals surface area contributed by atoms with Crippen molar-refractivity contribution in [3.8, 4) is 5.75 Å². The minimum Gasteiger partial charge on any atom is -0.489 e. The number of methoxy groups -OCH3 is 1. The van der Waals surface area contributed by atoms with Gasteiger partial charge in [-0.3, -0.25) is 0 Å². The second kappa shape index (κ2) is 7.89. The topological polar surface area (TPSA) is 35.5 Å². The van der Waals surface area contributed by atoms with E-state index < -0.39 is 0 Å². The zero-order valence-electron chi connectivity index (χ0n) is 15.1. The minimum atomic E-state index is -0.331. The molecule has 136 valence electrons. The third-order valence-corrected chi connectivity index (χ3v) is 6.03. The van der Waals surface area contributed by atoms with Gasteiger partial charge in [0, 0.05) is 11.3 Å². The average molecular weight is 376 g/mol. The number of thioether (sulfide) groups is 1. The highest BCUT2D eigenvalue weighted by Crippen LogP contribution is 2.45. The molecule has 0 radical (unpaired) electrons. The van der Waals surface area contributed by atoms with Gasteiger partial charge in [0.25, 0.3) is 0 Å². The SMILES string of the molecule is COC(=O)c1ccc2c(c1)C(SCc1ccccc1)c1ccccc1CO2. The summed E-state index contributed by atoms with van der Waals surface area (Å²) in [5, 5.41) is 0.0866. The molecule has 27 heavy (non-hydrogen) atoms. The Morgan fingerprint density at radius 2 is 1.81 bits per heavy atom. The third-order valence-electron chi connectivity index (χ3n) is 4.69. The average Bonchev–Trinajstić information content (AvgIpc) is 2.88. The molecule has 0 aliphatic carbocycles. The van der Waals surface area contributed by atoms with Crippen molar-refractivity contribution < 1.29 is 14.3 Å². The van der Waals surface area contributed by atoms with Crippen molar-refractivity contribution in [1.29, 1.82) is 0 Å². The lowest BCUT2D eigenvalue weighted by molar-refractivity contribution is 0.0600. The molecule has 4 heteroatoms. The van der Waals surface area contributed by atoms with Crippen LogP contribution in [0.5, 0.6) is 5.75 Å². The first kappa shape index (κ1) is 17.7. The molecular formula is C23H20O3S. The molecule has 1 atom stereocenters. The Hall–Kier alpha value is -2.72. The molecule has 1 heterocycles. The van der Waals surface area contributed by atoms with E-state index in [4.69, 9.17) is 9.47 Å². The molecule has 1 unspecified atom stereocenters. The summed E-state index contributed by atoms with van der Waals surface area (Å²) < 4.78 is 11.0. The van der Waals surface area contributed by atoms with Crippen LogP contribution in [0.2, 0.25) is 0 Å². The van der Waals surface area contributed by atoms with Crippen LogP contribution in [-0.4, -0.2) is 13.1 Å². The van der Waals surface area contributed by atoms with Crippen LogP contribution < -0.4 is 4.74 Å². The highest BCUT2D eigenvalue weighted by Gasteiger charge is 2.26. The number of fused-ring (bicyclic) bond motifs is 2. The molecule has 0 bridgehead atoms. The van der Waals surface area contributed by atoms with Crippen LogP contribution >= 0.6 is 11.8 Å². The van der Waals surface area contributed by atoms with Gasteiger partial charge in [0.1, 0.15) is 12.4 Å². The van der Waals surface area contributed by atoms with Gasteiger partial charge >= 0.3 is 5.97 Å². The standard InChI is InChI=1S/C23H20O3S/c1-25-23(24)17-11-12-21-20(13-17)22(27-15-16-7-3-2-4-8-16)19-10-6-5-9-18(19)14-26-21/h2-13,22H,14-15H2,1H3. The summed E-state index contributed by atoms with van der Waals surface area (Å²) in [5.74, 6) is 1.37. The number of hydrogen-bond donors (Lipinski definition) is 0. The van der Waals surface area contributed by atoms with E-state index in [9.17, 15) is 4.79 Å². The Bertz CT molecular complexity index is 953. The quantitative estimate of drug-likeness (QED) is 0.572. The van der Waals surface area contributed by atoms with Gasteiger partial charge in [0.2, 0.25) is 0 Å². The van der Waals surface area contributed by atoms with Gasteiger partial charge in [-0.2, -0.15) is 0 Å². The van der Waals surface area contributed by atoms with Gasteiger partial charge in [-0.05, 0) is 34.9 Å². The van der Waals surface area contributed by atoms with Crippen LogP contribution in [-0.2, 0) is 17.1 Å². The maximum atomic E-state index is 12.0. The van der Waals surface area contributed by atoms with Gasteiger partial charge < -0.3 is 9.47 Å². The van der Waals surface area contributed by atoms with Crippen LogP contribution in [0.1, 0.15) is 37.9 Å². The summed E-state index contributed by atoms with van der Waals surface area (Å²) in [6.45, 7) is 0.531. The fourth-order valence-electron chi connectivity index (χ4n) is 3.31. The van der Waals surface area contributed by atoms with E-state index in [0.717, 1.165) is 17.1 Å². The molecule has 0 saturated carbocycles. The fraction of sp³-hybridized carbons (Fsp3) is 0.174. The summed E-state index contributed by atoms with van der Waals surface area (Å²) in [4.78, 5) is 12.0. The molecule has 0 aromatic heterocycles. The molecule has 4 rings (SSSR count). The van der Waals surface area contributed by atoms with Crippen LogP contribution in [0.25, 0.3) is 0 Å². The Morgan fingerprint density at radius 1 is 1.04 bits per heavy atom. The highest BCUT2D eigenvalue weighted by atomic mass is 32.2. The maximum Gasteiger partial charge on any atom is 0.337 e. The predicted octanol–water partition coefficient (Wildman–Crippen LogP) is 5.39. The fourth-order valence-corrected chi connectivity index (χ4v) is 4.63. The van der Waals surface area contributed by atoms with E-state index >= 15 is 0 Å². The lowest BCUT2D eigenvalue weighted by Crippen LogP contribution is -2.04. The summed E-state index contributed by atoms with van der Waals surface area (Å²) in [5.41, 5.74) is 5.25. The normalized spacial score (nSPS) is 15.1. The van der Waals surface area contributed by atoms with Crippen molar-refractivity contribution in [2.45, 2.75) is 17.6 Å². The van der Waals surface area contributed by atoms with E-state index in [1.54, 1.807) is 6.07 Å². The molecule has 1 aliphatic heterocycles. The molecule has 0 saturated heterocycles. The Morgan fingerprint density at radius 3 is 2.63 bits per heavy atom. The number of benzene rings is 3. The molecule has 1 aliphatic rings. The predicted molar refractivity (Wildman–Crippen MR) is 108 cm³/mol. The Kier molecular flexibility index (Phi) is 5.16. The first-order chi connectivity index (χ1) is 13.3. The van der Waals surface area contributed by atoms with Crippen LogP contribution in [0.15, 0.2) is 72.8 Å². The number of carbonyl (C=O) groups is 1. The van der Waals surface area contributed by atoms with Gasteiger partial charge in [0.15, 0.2) is 0 Å². The van der Waals surface area contributed by atoms with Gasteiger partial charge in [-0.1, -0.05) is 54.6 Å². The maximum absolute atomic E-state index is 12.0.